The highest BCUT2D eigenvalue weighted by Gasteiger charge is 2.31. The molecule has 2 aromatic heterocycles. The van der Waals surface area contributed by atoms with Gasteiger partial charge in [0.1, 0.15) is 5.82 Å². The van der Waals surface area contributed by atoms with Crippen LogP contribution in [0, 0.1) is 6.92 Å². The summed E-state index contributed by atoms with van der Waals surface area (Å²) < 4.78 is 30.2. The van der Waals surface area contributed by atoms with Gasteiger partial charge in [0.15, 0.2) is 5.65 Å². The van der Waals surface area contributed by atoms with E-state index in [4.69, 9.17) is 0 Å². The minimum absolute atomic E-state index is 0.0494. The van der Waals surface area contributed by atoms with E-state index in [0.29, 0.717) is 13.1 Å². The molecule has 1 aliphatic heterocycles. The normalized spacial score (nSPS) is 19.7. The van der Waals surface area contributed by atoms with Crippen molar-refractivity contribution in [2.75, 3.05) is 18.4 Å². The smallest absolute Gasteiger partial charge is 0.279 e. The molecule has 0 aromatic carbocycles. The second-order valence-corrected chi connectivity index (χ2v) is 7.87. The maximum atomic E-state index is 12.2. The minimum atomic E-state index is -3.41. The van der Waals surface area contributed by atoms with Gasteiger partial charge in [-0.05, 0) is 39.3 Å². The second-order valence-electron chi connectivity index (χ2n) is 6.17. The predicted octanol–water partition coefficient (Wildman–Crippen LogP) is 0.767. The van der Waals surface area contributed by atoms with Crippen molar-refractivity contribution in [1.82, 2.24) is 23.6 Å². The Morgan fingerprint density at radius 2 is 2.13 bits per heavy atom. The Bertz CT molecular complexity index is 801. The Morgan fingerprint density at radius 3 is 2.87 bits per heavy atom. The zero-order valence-electron chi connectivity index (χ0n) is 13.5. The van der Waals surface area contributed by atoms with Crippen LogP contribution in [0.1, 0.15) is 26.0 Å². The predicted molar refractivity (Wildman–Crippen MR) is 88.5 cm³/mol. The van der Waals surface area contributed by atoms with E-state index in [1.165, 1.54) is 4.31 Å². The van der Waals surface area contributed by atoms with Crippen molar-refractivity contribution in [2.45, 2.75) is 39.3 Å². The topological polar surface area (TPSA) is 91.6 Å². The van der Waals surface area contributed by atoms with E-state index in [2.05, 4.69) is 20.1 Å². The molecule has 0 amide bonds. The van der Waals surface area contributed by atoms with Crippen LogP contribution in [-0.4, -0.2) is 52.5 Å². The summed E-state index contributed by atoms with van der Waals surface area (Å²) in [5.41, 5.74) is 1.71. The van der Waals surface area contributed by atoms with Crippen molar-refractivity contribution in [1.29, 1.82) is 0 Å². The first-order chi connectivity index (χ1) is 10.8. The van der Waals surface area contributed by atoms with Crippen LogP contribution in [-0.2, 0) is 10.2 Å². The molecule has 1 aliphatic rings. The van der Waals surface area contributed by atoms with Crippen LogP contribution in [0.4, 0.5) is 5.82 Å². The zero-order chi connectivity index (χ0) is 16.6. The monoisotopic (exact) mass is 338 g/mol. The number of aromatic nitrogens is 3. The molecule has 0 saturated carbocycles. The maximum absolute atomic E-state index is 12.2. The molecule has 23 heavy (non-hydrogen) atoms. The molecule has 3 rings (SSSR count). The van der Waals surface area contributed by atoms with E-state index in [9.17, 15) is 8.42 Å². The molecule has 1 saturated heterocycles. The molecule has 1 unspecified atom stereocenters. The summed E-state index contributed by atoms with van der Waals surface area (Å²) in [7, 11) is -3.41. The SMILES string of the molecule is Cc1cn2nc(NC3CCN(S(=O)(=O)NC(C)C)C3)ccc2n1. The summed E-state index contributed by atoms with van der Waals surface area (Å²) in [4.78, 5) is 4.33. The quantitative estimate of drug-likeness (QED) is 0.840. The number of nitrogens with one attached hydrogen (secondary N) is 2. The third-order valence-electron chi connectivity index (χ3n) is 3.67. The highest BCUT2D eigenvalue weighted by atomic mass is 32.2. The van der Waals surface area contributed by atoms with E-state index >= 15 is 0 Å². The molecular weight excluding hydrogens is 316 g/mol. The van der Waals surface area contributed by atoms with Gasteiger partial charge in [0.05, 0.1) is 11.9 Å². The van der Waals surface area contributed by atoms with Crippen molar-refractivity contribution < 1.29 is 8.42 Å². The largest absolute Gasteiger partial charge is 0.365 e. The number of nitrogens with zero attached hydrogens (tertiary/aromatic N) is 4. The van der Waals surface area contributed by atoms with Crippen LogP contribution >= 0.6 is 0 Å². The Kier molecular flexibility index (Phi) is 4.26. The molecule has 8 nitrogen and oxygen atoms in total. The number of hydrogen-bond acceptors (Lipinski definition) is 5. The third-order valence-corrected chi connectivity index (χ3v) is 5.45. The minimum Gasteiger partial charge on any atom is -0.365 e. The molecule has 2 N–H and O–H groups in total. The van der Waals surface area contributed by atoms with E-state index in [1.54, 1.807) is 4.52 Å². The first-order valence-electron chi connectivity index (χ1n) is 7.70. The van der Waals surface area contributed by atoms with E-state index < -0.39 is 10.2 Å². The highest BCUT2D eigenvalue weighted by molar-refractivity contribution is 7.87. The Hall–Kier alpha value is -1.71. The van der Waals surface area contributed by atoms with Crippen LogP contribution in [0.3, 0.4) is 0 Å². The molecule has 9 heteroatoms. The van der Waals surface area contributed by atoms with Crippen LogP contribution in [0.15, 0.2) is 18.3 Å². The Labute approximate surface area is 136 Å². The summed E-state index contributed by atoms with van der Waals surface area (Å²) in [5, 5.41) is 7.76. The fourth-order valence-corrected chi connectivity index (χ4v) is 4.19. The molecule has 2 aromatic rings. The van der Waals surface area contributed by atoms with Crippen LogP contribution in [0.5, 0.6) is 0 Å². The Morgan fingerprint density at radius 1 is 1.35 bits per heavy atom. The van der Waals surface area contributed by atoms with Crippen LogP contribution in [0.25, 0.3) is 5.65 Å². The first-order valence-corrected chi connectivity index (χ1v) is 9.14. The summed E-state index contributed by atoms with van der Waals surface area (Å²) in [6.07, 6.45) is 2.61. The van der Waals surface area contributed by atoms with Gasteiger partial charge in [0.25, 0.3) is 10.2 Å². The summed E-state index contributed by atoms with van der Waals surface area (Å²) in [5.74, 6) is 0.718. The lowest BCUT2D eigenvalue weighted by Crippen LogP contribution is -2.43. The zero-order valence-corrected chi connectivity index (χ0v) is 14.3. The van der Waals surface area contributed by atoms with Crippen LogP contribution < -0.4 is 10.0 Å². The van der Waals surface area contributed by atoms with Gasteiger partial charge in [-0.15, -0.1) is 5.10 Å². The van der Waals surface area contributed by atoms with Crippen molar-refractivity contribution >= 4 is 21.7 Å². The van der Waals surface area contributed by atoms with Crippen LogP contribution in [0.2, 0.25) is 0 Å². The first kappa shape index (κ1) is 16.2. The molecule has 3 heterocycles. The molecule has 1 fully saturated rings. The molecular formula is C14H22N6O2S. The maximum Gasteiger partial charge on any atom is 0.279 e. The molecule has 0 aliphatic carbocycles. The van der Waals surface area contributed by atoms with E-state index in [1.807, 2.05) is 39.1 Å². The van der Waals surface area contributed by atoms with Gasteiger partial charge in [-0.1, -0.05) is 0 Å². The number of fused-ring (bicyclic) bond motifs is 1. The van der Waals surface area contributed by atoms with Gasteiger partial charge < -0.3 is 5.32 Å². The van der Waals surface area contributed by atoms with Crippen molar-refractivity contribution in [3.8, 4) is 0 Å². The Balaban J connectivity index is 1.67. The van der Waals surface area contributed by atoms with E-state index in [-0.39, 0.29) is 12.1 Å². The summed E-state index contributed by atoms with van der Waals surface area (Å²) in [6.45, 7) is 6.49. The average Bonchev–Trinajstić information content (AvgIpc) is 3.03. The van der Waals surface area contributed by atoms with Gasteiger partial charge in [-0.25, -0.2) is 9.50 Å². The molecule has 0 radical (unpaired) electrons. The van der Waals surface area contributed by atoms with Gasteiger partial charge in [-0.3, -0.25) is 0 Å². The lowest BCUT2D eigenvalue weighted by atomic mass is 10.2. The summed E-state index contributed by atoms with van der Waals surface area (Å²) >= 11 is 0. The number of imidazole rings is 1. The van der Waals surface area contributed by atoms with Gasteiger partial charge in [0.2, 0.25) is 0 Å². The van der Waals surface area contributed by atoms with Crippen molar-refractivity contribution in [2.24, 2.45) is 0 Å². The van der Waals surface area contributed by atoms with E-state index in [0.717, 1.165) is 23.6 Å². The second kappa shape index (κ2) is 6.06. The van der Waals surface area contributed by atoms with Gasteiger partial charge >= 0.3 is 0 Å². The molecule has 126 valence electrons. The lowest BCUT2D eigenvalue weighted by Gasteiger charge is -2.19. The molecule has 1 atom stereocenters. The number of anilines is 1. The highest BCUT2D eigenvalue weighted by Crippen LogP contribution is 2.17. The molecule has 0 spiro atoms. The fraction of sp³-hybridized carbons (Fsp3) is 0.571. The van der Waals surface area contributed by atoms with Crippen molar-refractivity contribution in [3.63, 3.8) is 0 Å². The standard InChI is InChI=1S/C14H22N6O2S/c1-10(2)18-23(21,22)19-7-6-12(9-19)16-13-4-5-14-15-11(3)8-20(14)17-13/h4-5,8,10,12,18H,6-7,9H2,1-3H3,(H,16,17). The third kappa shape index (κ3) is 3.62. The fourth-order valence-electron chi connectivity index (χ4n) is 2.72. The average molecular weight is 338 g/mol. The number of rotatable bonds is 5. The number of aryl methyl sites for hydroxylation is 1. The lowest BCUT2D eigenvalue weighted by molar-refractivity contribution is 0.456. The number of hydrogen-bond donors (Lipinski definition) is 2. The van der Waals surface area contributed by atoms with Gasteiger partial charge in [-0.2, -0.15) is 17.4 Å². The van der Waals surface area contributed by atoms with Gasteiger partial charge in [0, 0.05) is 25.2 Å². The van der Waals surface area contributed by atoms with Crippen molar-refractivity contribution in [3.05, 3.63) is 24.0 Å². The summed E-state index contributed by atoms with van der Waals surface area (Å²) in [6, 6.07) is 3.70. The molecule has 0 bridgehead atoms.